The number of hydrogen-bond donors (Lipinski definition) is 2. The summed E-state index contributed by atoms with van der Waals surface area (Å²) in [4.78, 5) is 2.22. The summed E-state index contributed by atoms with van der Waals surface area (Å²) in [6, 6.07) is 3.46. The molecule has 5 heteroatoms. The maximum Gasteiger partial charge on any atom is 0.130 e. The van der Waals surface area contributed by atoms with Gasteiger partial charge in [-0.2, -0.15) is 0 Å². The molecule has 1 aliphatic rings. The third-order valence-corrected chi connectivity index (χ3v) is 3.53. The van der Waals surface area contributed by atoms with Crippen molar-refractivity contribution >= 4 is 0 Å². The Kier molecular flexibility index (Phi) is 4.27. The number of rotatable bonds is 3. The van der Waals surface area contributed by atoms with Crippen molar-refractivity contribution in [3.63, 3.8) is 0 Å². The molecule has 1 heterocycles. The summed E-state index contributed by atoms with van der Waals surface area (Å²) in [5.74, 6) is -1.13. The molecule has 3 nitrogen and oxygen atoms in total. The van der Waals surface area contributed by atoms with E-state index in [-0.39, 0.29) is 0 Å². The lowest BCUT2D eigenvalue weighted by molar-refractivity contribution is 0.182. The maximum atomic E-state index is 13.6. The third-order valence-electron chi connectivity index (χ3n) is 3.53. The van der Waals surface area contributed by atoms with E-state index in [1.54, 1.807) is 0 Å². The first kappa shape index (κ1) is 13.4. The number of nitrogens with two attached hydrogens (primary N) is 1. The molecule has 1 aromatic rings. The van der Waals surface area contributed by atoms with Crippen LogP contribution in [0.1, 0.15) is 18.0 Å². The zero-order valence-corrected chi connectivity index (χ0v) is 10.5. The van der Waals surface area contributed by atoms with Crippen molar-refractivity contribution in [1.82, 2.24) is 10.2 Å². The normalized spacial score (nSPS) is 23.0. The van der Waals surface area contributed by atoms with Gasteiger partial charge in [-0.1, -0.05) is 6.07 Å². The molecule has 0 aromatic heterocycles. The Morgan fingerprint density at radius 1 is 1.50 bits per heavy atom. The lowest BCUT2D eigenvalue weighted by Crippen LogP contribution is -2.50. The molecule has 1 saturated heterocycles. The van der Waals surface area contributed by atoms with Crippen LogP contribution in [0.25, 0.3) is 0 Å². The summed E-state index contributed by atoms with van der Waals surface area (Å²) in [7, 11) is 2.04. The Morgan fingerprint density at radius 2 is 2.28 bits per heavy atom. The van der Waals surface area contributed by atoms with E-state index in [0.717, 1.165) is 25.7 Å². The van der Waals surface area contributed by atoms with Gasteiger partial charge in [-0.25, -0.2) is 8.78 Å². The third kappa shape index (κ3) is 3.04. The van der Waals surface area contributed by atoms with E-state index in [1.165, 1.54) is 12.1 Å². The molecule has 1 fully saturated rings. The second kappa shape index (κ2) is 5.73. The highest BCUT2D eigenvalue weighted by atomic mass is 19.1. The number of nitrogens with zero attached hydrogens (tertiary/aromatic N) is 1. The van der Waals surface area contributed by atoms with E-state index < -0.39 is 17.7 Å². The number of nitrogens with one attached hydrogen (secondary N) is 1. The molecule has 1 aromatic carbocycles. The minimum Gasteiger partial charge on any atom is -0.324 e. The van der Waals surface area contributed by atoms with Crippen LogP contribution in [0.4, 0.5) is 8.78 Å². The van der Waals surface area contributed by atoms with E-state index in [0.29, 0.717) is 18.0 Å². The van der Waals surface area contributed by atoms with Crippen LogP contribution < -0.4 is 11.1 Å². The highest BCUT2D eigenvalue weighted by Crippen LogP contribution is 2.22. The largest absolute Gasteiger partial charge is 0.324 e. The van der Waals surface area contributed by atoms with E-state index in [1.807, 2.05) is 7.05 Å². The van der Waals surface area contributed by atoms with E-state index in [2.05, 4.69) is 10.2 Å². The molecule has 0 radical (unpaired) electrons. The summed E-state index contributed by atoms with van der Waals surface area (Å²) < 4.78 is 26.4. The van der Waals surface area contributed by atoms with Crippen LogP contribution in [0.5, 0.6) is 0 Å². The Balaban J connectivity index is 2.04. The second-order valence-corrected chi connectivity index (χ2v) is 4.85. The smallest absolute Gasteiger partial charge is 0.130 e. The molecule has 2 rings (SSSR count). The first-order valence-corrected chi connectivity index (χ1v) is 6.19. The highest BCUT2D eigenvalue weighted by molar-refractivity contribution is 5.22. The molecule has 0 saturated carbocycles. The molecule has 18 heavy (non-hydrogen) atoms. The van der Waals surface area contributed by atoms with Gasteiger partial charge in [-0.15, -0.1) is 0 Å². The monoisotopic (exact) mass is 255 g/mol. The van der Waals surface area contributed by atoms with Gasteiger partial charge >= 0.3 is 0 Å². The molecule has 2 atom stereocenters. The van der Waals surface area contributed by atoms with Gasteiger partial charge in [0.05, 0.1) is 0 Å². The average Bonchev–Trinajstić information content (AvgIpc) is 2.32. The zero-order chi connectivity index (χ0) is 13.1. The van der Waals surface area contributed by atoms with Crippen LogP contribution in [0.2, 0.25) is 0 Å². The predicted molar refractivity (Wildman–Crippen MR) is 67.2 cm³/mol. The Morgan fingerprint density at radius 3 is 2.94 bits per heavy atom. The molecule has 1 aliphatic heterocycles. The Labute approximate surface area is 106 Å². The van der Waals surface area contributed by atoms with Crippen molar-refractivity contribution in [2.24, 2.45) is 5.73 Å². The highest BCUT2D eigenvalue weighted by Gasteiger charge is 2.23. The molecule has 0 spiro atoms. The lowest BCUT2D eigenvalue weighted by Gasteiger charge is -2.34. The van der Waals surface area contributed by atoms with Crippen LogP contribution in [0.15, 0.2) is 18.2 Å². The molecule has 2 unspecified atom stereocenters. The number of hydrogen-bond acceptors (Lipinski definition) is 3. The van der Waals surface area contributed by atoms with Crippen molar-refractivity contribution in [2.45, 2.75) is 18.5 Å². The molecular formula is C13H19F2N3. The van der Waals surface area contributed by atoms with Crippen LogP contribution in [0, 0.1) is 11.6 Å². The SMILES string of the molecule is CN1CCNCC1CC(N)c1ccc(F)cc1F. The van der Waals surface area contributed by atoms with Crippen molar-refractivity contribution in [2.75, 3.05) is 26.7 Å². The van der Waals surface area contributed by atoms with Gasteiger partial charge in [0.25, 0.3) is 0 Å². The first-order chi connectivity index (χ1) is 8.58. The molecule has 0 aliphatic carbocycles. The zero-order valence-electron chi connectivity index (χ0n) is 10.5. The van der Waals surface area contributed by atoms with Crippen LogP contribution in [-0.4, -0.2) is 37.6 Å². The number of benzene rings is 1. The summed E-state index contributed by atoms with van der Waals surface area (Å²) in [6.07, 6.45) is 0.659. The fraction of sp³-hybridized carbons (Fsp3) is 0.538. The second-order valence-electron chi connectivity index (χ2n) is 4.85. The summed E-state index contributed by atoms with van der Waals surface area (Å²) in [5, 5.41) is 3.29. The van der Waals surface area contributed by atoms with Gasteiger partial charge in [0.2, 0.25) is 0 Å². The van der Waals surface area contributed by atoms with Gasteiger partial charge in [-0.05, 0) is 19.5 Å². The lowest BCUT2D eigenvalue weighted by atomic mass is 9.98. The van der Waals surface area contributed by atoms with Gasteiger partial charge in [-0.3, -0.25) is 0 Å². The van der Waals surface area contributed by atoms with Gasteiger partial charge < -0.3 is 16.0 Å². The van der Waals surface area contributed by atoms with E-state index in [9.17, 15) is 8.78 Å². The van der Waals surface area contributed by atoms with E-state index in [4.69, 9.17) is 5.73 Å². The summed E-state index contributed by atoms with van der Waals surface area (Å²) >= 11 is 0. The van der Waals surface area contributed by atoms with Crippen molar-refractivity contribution in [3.8, 4) is 0 Å². The standard InChI is InChI=1S/C13H19F2N3/c1-18-5-4-17-8-10(18)7-13(16)11-3-2-9(14)6-12(11)15/h2-3,6,10,13,17H,4-5,7-8,16H2,1H3. The quantitative estimate of drug-likeness (QED) is 0.854. The van der Waals surface area contributed by atoms with Crippen LogP contribution in [-0.2, 0) is 0 Å². The van der Waals surface area contributed by atoms with Gasteiger partial charge in [0, 0.05) is 43.3 Å². The number of likely N-dealkylation sites (N-methyl/N-ethyl adjacent to an activating group) is 1. The van der Waals surface area contributed by atoms with Crippen molar-refractivity contribution < 1.29 is 8.78 Å². The summed E-state index contributed by atoms with van der Waals surface area (Å²) in [5.41, 5.74) is 6.41. The van der Waals surface area contributed by atoms with Crippen molar-refractivity contribution in [3.05, 3.63) is 35.4 Å². The minimum atomic E-state index is -0.570. The topological polar surface area (TPSA) is 41.3 Å². The molecule has 100 valence electrons. The number of piperazine rings is 1. The minimum absolute atomic E-state index is 0.290. The fourth-order valence-corrected chi connectivity index (χ4v) is 2.35. The first-order valence-electron chi connectivity index (χ1n) is 6.19. The molecular weight excluding hydrogens is 236 g/mol. The van der Waals surface area contributed by atoms with Gasteiger partial charge in [0.15, 0.2) is 0 Å². The maximum absolute atomic E-state index is 13.6. The van der Waals surface area contributed by atoms with Crippen LogP contribution in [0.3, 0.4) is 0 Å². The van der Waals surface area contributed by atoms with Gasteiger partial charge in [0.1, 0.15) is 11.6 Å². The molecule has 0 bridgehead atoms. The molecule has 0 amide bonds. The Bertz CT molecular complexity index is 411. The predicted octanol–water partition coefficient (Wildman–Crippen LogP) is 1.26. The number of halogens is 2. The Hall–Kier alpha value is -1.04. The van der Waals surface area contributed by atoms with Crippen molar-refractivity contribution in [1.29, 1.82) is 0 Å². The molecule has 3 N–H and O–H groups in total. The average molecular weight is 255 g/mol. The fourth-order valence-electron chi connectivity index (χ4n) is 2.35. The van der Waals surface area contributed by atoms with Crippen LogP contribution >= 0.6 is 0 Å². The van der Waals surface area contributed by atoms with E-state index >= 15 is 0 Å². The summed E-state index contributed by atoms with van der Waals surface area (Å²) in [6.45, 7) is 2.78.